The molecule has 0 aromatic carbocycles. The van der Waals surface area contributed by atoms with E-state index < -0.39 is 178 Å². The molecule has 0 spiro atoms. The molecule has 0 aromatic heterocycles. The van der Waals surface area contributed by atoms with Gasteiger partial charge in [0.15, 0.2) is 0 Å². The van der Waals surface area contributed by atoms with Crippen molar-refractivity contribution in [2.75, 3.05) is 26.4 Å². The SMILES string of the molecule is O=C(O)C(CCCO[P+](=O)[O-])(C(=O)O)C(=O)O.O=C(O)C(CCCO[P+](=O)[O-])(C(=O)O)C(=O)O.O=C(O)C(CCCO[P+](=O)[O-])(C(=O)O)C(=O)O.O=C(O)C(CCCO[P+](=O)[O-])(C(=O)O)C(=O)O.[Zr+4]. The molecule has 0 bridgehead atoms. The Morgan fingerprint density at radius 1 is 0.290 bits per heavy atom. The minimum absolute atomic E-state index is 0. The Labute approximate surface area is 403 Å². The molecule has 0 aromatic rings. The van der Waals surface area contributed by atoms with Crippen LogP contribution in [0, 0.1) is 21.7 Å². The molecule has 41 heteroatoms. The molecule has 0 radical (unpaired) electrons. The van der Waals surface area contributed by atoms with Crippen LogP contribution in [0.25, 0.3) is 0 Å². The van der Waals surface area contributed by atoms with Crippen molar-refractivity contribution in [2.45, 2.75) is 51.4 Å². The molecule has 0 heterocycles. The Morgan fingerprint density at radius 3 is 0.464 bits per heavy atom. The number of hydrogen-bond donors (Lipinski definition) is 12. The van der Waals surface area contributed by atoms with Crippen LogP contribution in [0.5, 0.6) is 0 Å². The van der Waals surface area contributed by atoms with Crippen molar-refractivity contribution >= 4 is 105 Å². The Morgan fingerprint density at radius 2 is 0.391 bits per heavy atom. The minimum atomic E-state index is -3.14. The van der Waals surface area contributed by atoms with Crippen LogP contribution in [0.4, 0.5) is 0 Å². The molecule has 36 nitrogen and oxygen atoms in total. The summed E-state index contributed by atoms with van der Waals surface area (Å²) in [5.41, 5.74) is -12.0. The van der Waals surface area contributed by atoms with E-state index in [1.807, 2.05) is 0 Å². The number of carboxylic acids is 12. The minimum Gasteiger partial charge on any atom is -0.566 e. The van der Waals surface area contributed by atoms with E-state index in [1.54, 1.807) is 0 Å². The molecule has 0 aliphatic heterocycles. The Bertz CT molecular complexity index is 1530. The molecule has 0 aliphatic rings. The van der Waals surface area contributed by atoms with Crippen LogP contribution in [0.2, 0.25) is 0 Å². The standard InChI is InChI=1S/4C7H9O9P.Zr/c4*8-4(9)7(5(10)11,6(12)13)2-1-3-16-17(14)15;/h4*1-3H2,(H,8,9)(H,10,11)(H,12,13);/q;;;;+4. The summed E-state index contributed by atoms with van der Waals surface area (Å²) in [5, 5.41) is 104. The van der Waals surface area contributed by atoms with Crippen molar-refractivity contribution in [3.05, 3.63) is 0 Å². The van der Waals surface area contributed by atoms with Gasteiger partial charge in [-0.25, -0.2) is 0 Å². The first-order chi connectivity index (χ1) is 31.0. The number of carboxylic acid groups (broad SMARTS) is 12. The molecule has 4 unspecified atom stereocenters. The molecule has 0 saturated heterocycles. The molecule has 0 rings (SSSR count). The Hall–Kier alpha value is -5.40. The van der Waals surface area contributed by atoms with Gasteiger partial charge < -0.3 is 80.9 Å². The molecule has 12 N–H and O–H groups in total. The normalized spacial score (nSPS) is 11.8. The van der Waals surface area contributed by atoms with E-state index in [1.165, 1.54) is 0 Å². The first-order valence-electron chi connectivity index (χ1n) is 16.9. The predicted octanol–water partition coefficient (Wildman–Crippen LogP) is -3.84. The van der Waals surface area contributed by atoms with E-state index >= 15 is 0 Å². The average molecular weight is 1160 g/mol. The molecule has 4 atom stereocenters. The largest absolute Gasteiger partial charge is 4.00 e. The summed E-state index contributed by atoms with van der Waals surface area (Å²) in [6.45, 7) is -1.91. The van der Waals surface area contributed by atoms with Gasteiger partial charge in [-0.05, 0) is 69.6 Å². The van der Waals surface area contributed by atoms with Gasteiger partial charge in [0.25, 0.3) is 21.7 Å². The Kier molecular flexibility index (Phi) is 36.6. The summed E-state index contributed by atoms with van der Waals surface area (Å²) in [4.78, 5) is 168. The van der Waals surface area contributed by atoms with E-state index in [0.29, 0.717) is 0 Å². The maximum Gasteiger partial charge on any atom is 4.00 e. The van der Waals surface area contributed by atoms with Crippen molar-refractivity contribution in [2.24, 2.45) is 21.7 Å². The van der Waals surface area contributed by atoms with Gasteiger partial charge in [0.1, 0.15) is 26.4 Å². The molecule has 0 amide bonds. The number of carbonyl (C=O) groups is 12. The second kappa shape index (κ2) is 34.8. The van der Waals surface area contributed by atoms with Crippen LogP contribution in [-0.4, -0.2) is 159 Å². The zero-order valence-corrected chi connectivity index (χ0v) is 40.0. The number of aliphatic carboxylic acids is 12. The first kappa shape index (κ1) is 72.6. The van der Waals surface area contributed by atoms with Crippen molar-refractivity contribution < 1.29 is 201 Å². The van der Waals surface area contributed by atoms with E-state index in [0.717, 1.165) is 0 Å². The Balaban J connectivity index is -0.000000263. The van der Waals surface area contributed by atoms with Gasteiger partial charge in [-0.3, -0.25) is 57.5 Å². The maximum atomic E-state index is 10.7. The zero-order chi connectivity index (χ0) is 54.6. The summed E-state index contributed by atoms with van der Waals surface area (Å²) in [6.07, 6.45) is -4.48. The van der Waals surface area contributed by atoms with Crippen LogP contribution in [0.15, 0.2) is 0 Å². The summed E-state index contributed by atoms with van der Waals surface area (Å²) in [6, 6.07) is 0. The number of hydrogen-bond acceptors (Lipinski definition) is 24. The molecule has 0 fully saturated rings. The summed E-state index contributed by atoms with van der Waals surface area (Å²) in [5.74, 6) is -24.3. The van der Waals surface area contributed by atoms with E-state index in [9.17, 15) is 95.4 Å². The molecule has 69 heavy (non-hydrogen) atoms. The van der Waals surface area contributed by atoms with Gasteiger partial charge in [0.05, 0.1) is 0 Å². The fourth-order valence-corrected chi connectivity index (χ4v) is 5.40. The predicted molar refractivity (Wildman–Crippen MR) is 193 cm³/mol. The topological polar surface area (TPSA) is 645 Å². The second-order valence-electron chi connectivity index (χ2n) is 11.9. The average Bonchev–Trinajstić information content (AvgIpc) is 3.16. The van der Waals surface area contributed by atoms with Gasteiger partial charge in [0.2, 0.25) is 0 Å². The van der Waals surface area contributed by atoms with E-state index in [-0.39, 0.29) is 51.9 Å². The summed E-state index contributed by atoms with van der Waals surface area (Å²) in [7, 11) is -12.5. The van der Waals surface area contributed by atoms with Crippen LogP contribution < -0.4 is 19.6 Å². The van der Waals surface area contributed by atoms with Gasteiger partial charge in [0, 0.05) is 0 Å². The summed E-state index contributed by atoms with van der Waals surface area (Å²) >= 11 is 0. The third kappa shape index (κ3) is 23.6. The quantitative estimate of drug-likeness (QED) is 0.0174. The fraction of sp³-hybridized carbons (Fsp3) is 0.571. The molecule has 0 aliphatic carbocycles. The maximum absolute atomic E-state index is 10.7. The molecular formula is C28H36O36P4Zr+4. The van der Waals surface area contributed by atoms with Gasteiger partial charge >= 0.3 is 131 Å². The van der Waals surface area contributed by atoms with Gasteiger partial charge in [-0.15, -0.1) is 18.1 Å². The second-order valence-corrected chi connectivity index (χ2v) is 14.7. The van der Waals surface area contributed by atoms with Crippen molar-refractivity contribution in [1.82, 2.24) is 0 Å². The first-order valence-corrected chi connectivity index (χ1v) is 21.3. The van der Waals surface area contributed by atoms with Gasteiger partial charge in [-0.2, -0.15) is 0 Å². The van der Waals surface area contributed by atoms with Crippen molar-refractivity contribution in [3.8, 4) is 0 Å². The van der Waals surface area contributed by atoms with Crippen LogP contribution in [-0.2, 0) is 120 Å². The molecular weight excluding hydrogens is 1130 g/mol. The number of rotatable bonds is 32. The third-order valence-corrected chi connectivity index (χ3v) is 9.53. The van der Waals surface area contributed by atoms with E-state index in [4.69, 9.17) is 61.3 Å². The van der Waals surface area contributed by atoms with Crippen LogP contribution in [0.1, 0.15) is 51.4 Å². The van der Waals surface area contributed by atoms with Crippen molar-refractivity contribution in [1.29, 1.82) is 0 Å². The monoisotopic (exact) mass is 1160 g/mol. The van der Waals surface area contributed by atoms with E-state index in [2.05, 4.69) is 18.1 Å². The van der Waals surface area contributed by atoms with Crippen LogP contribution in [0.3, 0.4) is 0 Å². The molecule has 0 saturated carbocycles. The summed E-state index contributed by atoms with van der Waals surface area (Å²) < 4.78 is 56.2. The van der Waals surface area contributed by atoms with Gasteiger partial charge in [-0.1, -0.05) is 0 Å². The van der Waals surface area contributed by atoms with Crippen LogP contribution >= 0.6 is 33.0 Å². The third-order valence-electron chi connectivity index (χ3n) is 7.95. The fourth-order valence-electron chi connectivity index (χ4n) is 4.29. The molecule has 384 valence electrons. The van der Waals surface area contributed by atoms with Crippen molar-refractivity contribution in [3.63, 3.8) is 0 Å². The smallest absolute Gasteiger partial charge is 0.566 e. The zero-order valence-electron chi connectivity index (χ0n) is 33.9.